The fourth-order valence-electron chi connectivity index (χ4n) is 3.57. The van der Waals surface area contributed by atoms with Crippen LogP contribution in [0.5, 0.6) is 0 Å². The van der Waals surface area contributed by atoms with E-state index in [2.05, 4.69) is 15.5 Å². The van der Waals surface area contributed by atoms with Crippen LogP contribution >= 0.6 is 11.6 Å². The lowest BCUT2D eigenvalue weighted by Gasteiger charge is -2.18. The Morgan fingerprint density at radius 3 is 2.03 bits per heavy atom. The monoisotopic (exact) mass is 550 g/mol. The van der Waals surface area contributed by atoms with Gasteiger partial charge >= 0.3 is 5.97 Å². The molecule has 0 N–H and O–H groups in total. The third-order valence-electron chi connectivity index (χ3n) is 5.41. The molecule has 0 aliphatic rings. The number of nitrogens with zero attached hydrogens (tertiary/aromatic N) is 4. The van der Waals surface area contributed by atoms with Crippen molar-refractivity contribution in [3.63, 3.8) is 0 Å². The van der Waals surface area contributed by atoms with Gasteiger partial charge in [0, 0.05) is 33.1 Å². The van der Waals surface area contributed by atoms with Gasteiger partial charge in [-0.2, -0.15) is 0 Å². The predicted molar refractivity (Wildman–Crippen MR) is 150 cm³/mol. The van der Waals surface area contributed by atoms with Crippen molar-refractivity contribution in [3.05, 3.63) is 94.5 Å². The molecular weight excluding hydrogens is 524 g/mol. The van der Waals surface area contributed by atoms with Crippen molar-refractivity contribution in [2.24, 2.45) is 15.5 Å². The highest BCUT2D eigenvalue weighted by atomic mass is 35.5. The number of hydrogen-bond donors (Lipinski definition) is 0. The lowest BCUT2D eigenvalue weighted by Crippen LogP contribution is -2.19. The number of halogens is 1. The molecule has 0 heterocycles. The number of esters is 1. The van der Waals surface area contributed by atoms with Crippen LogP contribution in [-0.2, 0) is 35.4 Å². The summed E-state index contributed by atoms with van der Waals surface area (Å²) in [4.78, 5) is 40.9. The summed E-state index contributed by atoms with van der Waals surface area (Å²) in [6.07, 6.45) is 0.726. The van der Waals surface area contributed by atoms with Crippen molar-refractivity contribution < 1.29 is 28.8 Å². The number of carbonyl (C=O) groups is 2. The summed E-state index contributed by atoms with van der Waals surface area (Å²) in [7, 11) is 4.03. The van der Waals surface area contributed by atoms with E-state index < -0.39 is 5.97 Å². The van der Waals surface area contributed by atoms with Gasteiger partial charge in [0.25, 0.3) is 0 Å². The molecule has 3 aromatic carbocycles. The highest BCUT2D eigenvalue weighted by Gasteiger charge is 2.19. The quantitative estimate of drug-likeness (QED) is 0.134. The smallest absolute Gasteiger partial charge is 0.360 e. The van der Waals surface area contributed by atoms with Crippen LogP contribution in [0.4, 0.5) is 11.4 Å². The van der Waals surface area contributed by atoms with Gasteiger partial charge < -0.3 is 19.2 Å². The van der Waals surface area contributed by atoms with Crippen LogP contribution in [0.2, 0.25) is 5.02 Å². The van der Waals surface area contributed by atoms with Crippen molar-refractivity contribution >= 4 is 52.5 Å². The first kappa shape index (κ1) is 28.9. The van der Waals surface area contributed by atoms with Crippen molar-refractivity contribution in [2.75, 3.05) is 26.2 Å². The Balaban J connectivity index is 1.80. The van der Waals surface area contributed by atoms with Crippen molar-refractivity contribution in [3.8, 4) is 0 Å². The Morgan fingerprint density at radius 2 is 1.44 bits per heavy atom. The van der Waals surface area contributed by atoms with Crippen LogP contribution in [0.3, 0.4) is 0 Å². The lowest BCUT2D eigenvalue weighted by atomic mass is 10.0. The predicted octanol–water partition coefficient (Wildman–Crippen LogP) is 5.10. The van der Waals surface area contributed by atoms with E-state index in [-0.39, 0.29) is 12.3 Å². The second kappa shape index (κ2) is 14.3. The van der Waals surface area contributed by atoms with E-state index >= 15 is 0 Å². The van der Waals surface area contributed by atoms with Gasteiger partial charge in [-0.15, -0.1) is 0 Å². The zero-order chi connectivity index (χ0) is 28.2. The Hall–Kier alpha value is -4.70. The second-order valence-electron chi connectivity index (χ2n) is 7.84. The van der Waals surface area contributed by atoms with Crippen molar-refractivity contribution in [1.82, 2.24) is 0 Å². The third-order valence-corrected chi connectivity index (χ3v) is 5.66. The molecule has 0 unspecified atom stereocenters. The maximum atomic E-state index is 12.2. The van der Waals surface area contributed by atoms with Crippen LogP contribution in [0.25, 0.3) is 0 Å². The Kier molecular flexibility index (Phi) is 10.6. The number of hydrogen-bond acceptors (Lipinski definition) is 9. The zero-order valence-corrected chi connectivity index (χ0v) is 22.6. The molecule has 0 aliphatic heterocycles. The average molecular weight is 551 g/mol. The van der Waals surface area contributed by atoms with Crippen LogP contribution in [0.1, 0.15) is 23.6 Å². The minimum atomic E-state index is -0.647. The highest BCUT2D eigenvalue weighted by molar-refractivity contribution is 6.47. The molecule has 10 nitrogen and oxygen atoms in total. The fraction of sp³-hybridized carbons (Fsp3) is 0.179. The molecule has 39 heavy (non-hydrogen) atoms. The number of anilines is 2. The van der Waals surface area contributed by atoms with Crippen LogP contribution in [0, 0.1) is 0 Å². The summed E-state index contributed by atoms with van der Waals surface area (Å²) in [5, 5.41) is 12.7. The Morgan fingerprint density at radius 1 is 0.846 bits per heavy atom. The molecule has 0 saturated heterocycles. The fourth-order valence-corrected chi connectivity index (χ4v) is 3.70. The van der Waals surface area contributed by atoms with Gasteiger partial charge in [-0.1, -0.05) is 63.5 Å². The maximum Gasteiger partial charge on any atom is 0.360 e. The first-order valence-electron chi connectivity index (χ1n) is 11.6. The molecule has 0 radical (unpaired) electrons. The number of ether oxygens (including phenoxy) is 1. The highest BCUT2D eigenvalue weighted by Crippen LogP contribution is 2.26. The number of rotatable bonds is 12. The molecule has 0 atom stereocenters. The summed E-state index contributed by atoms with van der Waals surface area (Å²) < 4.78 is 4.81. The van der Waals surface area contributed by atoms with Crippen LogP contribution in [-0.4, -0.2) is 50.8 Å². The molecule has 0 fully saturated rings. The van der Waals surface area contributed by atoms with Gasteiger partial charge in [-0.05, 0) is 43.3 Å². The minimum absolute atomic E-state index is 0.00425. The summed E-state index contributed by atoms with van der Waals surface area (Å²) in [6.45, 7) is 1.75. The first-order chi connectivity index (χ1) is 18.9. The van der Waals surface area contributed by atoms with Crippen molar-refractivity contribution in [2.45, 2.75) is 13.5 Å². The first-order valence-corrected chi connectivity index (χ1v) is 12.0. The average Bonchev–Trinajstić information content (AvgIpc) is 2.96. The number of amides is 1. The summed E-state index contributed by atoms with van der Waals surface area (Å²) in [5.74, 6) is -0.647. The Labute approximate surface area is 231 Å². The van der Waals surface area contributed by atoms with E-state index in [9.17, 15) is 9.59 Å². The van der Waals surface area contributed by atoms with Gasteiger partial charge in [-0.25, -0.2) is 4.79 Å². The van der Waals surface area contributed by atoms with E-state index in [1.54, 1.807) is 79.7 Å². The van der Waals surface area contributed by atoms with Gasteiger partial charge in [0.05, 0.1) is 7.11 Å². The SMILES string of the molecule is CON=C(C(C)=NOCc1ccccc1C(=NOC)C(=O)OC)c1ccc(N(C=O)c2ccc(Cl)cc2)cc1. The molecule has 1 amide bonds. The standard InChI is InChI=1S/C28H27ClN4O6/c1-19(30-39-17-21-7-5-6-8-25(21)27(32-38-4)28(35)36-2)26(31-37-3)20-9-13-23(14-10-20)33(18-34)24-15-11-22(29)12-16-24/h5-16,18H,17H2,1-4H3. The topological polar surface area (TPSA) is 111 Å². The van der Waals surface area contributed by atoms with E-state index in [0.717, 1.165) is 6.41 Å². The molecule has 3 aromatic rings. The molecule has 0 aliphatic carbocycles. The molecule has 202 valence electrons. The second-order valence-corrected chi connectivity index (χ2v) is 8.28. The zero-order valence-electron chi connectivity index (χ0n) is 21.8. The van der Waals surface area contributed by atoms with Crippen molar-refractivity contribution in [1.29, 1.82) is 0 Å². The summed E-state index contributed by atoms with van der Waals surface area (Å²) in [6, 6.07) is 21.1. The summed E-state index contributed by atoms with van der Waals surface area (Å²) in [5.41, 5.74) is 4.00. The normalized spacial score (nSPS) is 12.0. The van der Waals surface area contributed by atoms with E-state index in [1.165, 1.54) is 26.2 Å². The van der Waals surface area contributed by atoms with E-state index in [1.807, 2.05) is 0 Å². The molecule has 0 spiro atoms. The van der Waals surface area contributed by atoms with Gasteiger partial charge in [0.1, 0.15) is 32.2 Å². The molecule has 0 saturated carbocycles. The largest absolute Gasteiger partial charge is 0.464 e. The minimum Gasteiger partial charge on any atom is -0.464 e. The Bertz CT molecular complexity index is 1370. The number of methoxy groups -OCH3 is 1. The maximum absolute atomic E-state index is 12.2. The number of benzene rings is 3. The molecule has 3 rings (SSSR count). The third kappa shape index (κ3) is 7.42. The molecule has 0 aromatic heterocycles. The van der Waals surface area contributed by atoms with Crippen LogP contribution < -0.4 is 4.90 Å². The van der Waals surface area contributed by atoms with E-state index in [0.29, 0.717) is 44.5 Å². The summed E-state index contributed by atoms with van der Waals surface area (Å²) >= 11 is 5.96. The molecule has 0 bridgehead atoms. The van der Waals surface area contributed by atoms with Gasteiger partial charge in [-0.3, -0.25) is 9.69 Å². The number of carbonyl (C=O) groups excluding carboxylic acids is 2. The van der Waals surface area contributed by atoms with Gasteiger partial charge in [0.2, 0.25) is 6.41 Å². The molecule has 11 heteroatoms. The van der Waals surface area contributed by atoms with Gasteiger partial charge in [0.15, 0.2) is 5.71 Å². The van der Waals surface area contributed by atoms with E-state index in [4.69, 9.17) is 30.9 Å². The lowest BCUT2D eigenvalue weighted by molar-refractivity contribution is -0.132. The molecular formula is C28H27ClN4O6. The number of oxime groups is 3. The van der Waals surface area contributed by atoms with Crippen LogP contribution in [0.15, 0.2) is 88.3 Å².